The number of rotatable bonds is 2. The molecule has 0 saturated heterocycles. The summed E-state index contributed by atoms with van der Waals surface area (Å²) in [5, 5.41) is 11.0. The minimum Gasteiger partial charge on any atom is -0.381 e. The summed E-state index contributed by atoms with van der Waals surface area (Å²) >= 11 is 0. The molecule has 108 valence electrons. The molecule has 0 spiro atoms. The maximum atomic E-state index is 12.6. The number of allylic oxidation sites excluding steroid dienone is 1. The van der Waals surface area contributed by atoms with Crippen molar-refractivity contribution in [3.63, 3.8) is 0 Å². The van der Waals surface area contributed by atoms with E-state index in [1.54, 1.807) is 6.08 Å². The van der Waals surface area contributed by atoms with E-state index in [1.807, 2.05) is 6.08 Å². The molecule has 2 rings (SSSR count). The van der Waals surface area contributed by atoms with Gasteiger partial charge in [-0.15, -0.1) is 0 Å². The zero-order valence-corrected chi connectivity index (χ0v) is 13.2. The molecule has 2 bridgehead atoms. The molecule has 0 aromatic heterocycles. The molecule has 19 heavy (non-hydrogen) atoms. The van der Waals surface area contributed by atoms with E-state index >= 15 is 0 Å². The van der Waals surface area contributed by atoms with Crippen LogP contribution in [0.2, 0.25) is 0 Å². The molecule has 0 radical (unpaired) electrons. The highest BCUT2D eigenvalue weighted by atomic mass is 16.3. The van der Waals surface area contributed by atoms with Crippen molar-refractivity contribution < 1.29 is 9.90 Å². The number of ketones is 1. The van der Waals surface area contributed by atoms with Gasteiger partial charge in [0.15, 0.2) is 5.78 Å². The van der Waals surface area contributed by atoms with Gasteiger partial charge in [-0.25, -0.2) is 0 Å². The Morgan fingerprint density at radius 1 is 1.26 bits per heavy atom. The van der Waals surface area contributed by atoms with Crippen LogP contribution in [0.4, 0.5) is 0 Å². The fourth-order valence-electron chi connectivity index (χ4n) is 4.11. The maximum Gasteiger partial charge on any atom is 0.187 e. The molecule has 2 saturated carbocycles. The van der Waals surface area contributed by atoms with Gasteiger partial charge in [0.25, 0.3) is 0 Å². The minimum absolute atomic E-state index is 0.0277. The molecule has 0 amide bonds. The summed E-state index contributed by atoms with van der Waals surface area (Å²) in [6.07, 6.45) is 6.25. The van der Waals surface area contributed by atoms with Crippen LogP contribution in [0.25, 0.3) is 0 Å². The maximum absolute atomic E-state index is 12.6. The van der Waals surface area contributed by atoms with Crippen molar-refractivity contribution in [3.05, 3.63) is 12.2 Å². The van der Waals surface area contributed by atoms with Crippen LogP contribution in [0.3, 0.4) is 0 Å². The van der Waals surface area contributed by atoms with Crippen LogP contribution in [-0.2, 0) is 4.79 Å². The van der Waals surface area contributed by atoms with Crippen molar-refractivity contribution in [2.75, 3.05) is 0 Å². The SMILES string of the molecule is CC(C)(C)/C=C/C(=O)[C@@]1(O)C[C@H]2CC[C@]1(C)C2(C)C. The number of aliphatic hydroxyl groups is 1. The molecule has 2 heteroatoms. The van der Waals surface area contributed by atoms with E-state index in [0.717, 1.165) is 12.8 Å². The molecular formula is C17H28O2. The largest absolute Gasteiger partial charge is 0.381 e. The fraction of sp³-hybridized carbons (Fsp3) is 0.824. The summed E-state index contributed by atoms with van der Waals surface area (Å²) in [5.74, 6) is 0.370. The molecule has 0 heterocycles. The highest BCUT2D eigenvalue weighted by molar-refractivity contribution is 5.98. The van der Waals surface area contributed by atoms with Crippen LogP contribution in [0.5, 0.6) is 0 Å². The summed E-state index contributed by atoms with van der Waals surface area (Å²) in [5.41, 5.74) is -1.43. The van der Waals surface area contributed by atoms with E-state index in [4.69, 9.17) is 0 Å². The Balaban J connectivity index is 2.31. The zero-order valence-electron chi connectivity index (χ0n) is 13.2. The summed E-state index contributed by atoms with van der Waals surface area (Å²) in [7, 11) is 0. The lowest BCUT2D eigenvalue weighted by Crippen LogP contribution is -2.52. The number of hydrogen-bond acceptors (Lipinski definition) is 2. The predicted octanol–water partition coefficient (Wildman–Crippen LogP) is 3.74. The van der Waals surface area contributed by atoms with Crippen molar-refractivity contribution in [2.24, 2.45) is 22.2 Å². The molecule has 0 unspecified atom stereocenters. The second-order valence-corrected chi connectivity index (χ2v) is 8.42. The first-order valence-electron chi connectivity index (χ1n) is 7.40. The molecule has 2 aliphatic carbocycles. The van der Waals surface area contributed by atoms with Crippen LogP contribution in [0.1, 0.15) is 60.8 Å². The summed E-state index contributed by atoms with van der Waals surface area (Å²) in [4.78, 5) is 12.6. The van der Waals surface area contributed by atoms with Crippen molar-refractivity contribution in [3.8, 4) is 0 Å². The first-order valence-corrected chi connectivity index (χ1v) is 7.40. The van der Waals surface area contributed by atoms with Crippen molar-refractivity contribution >= 4 is 5.78 Å². The average molecular weight is 264 g/mol. The fourth-order valence-corrected chi connectivity index (χ4v) is 4.11. The van der Waals surface area contributed by atoms with Gasteiger partial charge >= 0.3 is 0 Å². The third kappa shape index (κ3) is 1.91. The van der Waals surface area contributed by atoms with E-state index in [-0.39, 0.29) is 22.0 Å². The van der Waals surface area contributed by atoms with Gasteiger partial charge in [-0.05, 0) is 42.1 Å². The Labute approximate surface area is 117 Å². The molecule has 0 aromatic rings. The number of fused-ring (bicyclic) bond motifs is 2. The molecule has 1 N–H and O–H groups in total. The van der Waals surface area contributed by atoms with Crippen LogP contribution >= 0.6 is 0 Å². The van der Waals surface area contributed by atoms with Gasteiger partial charge in [0.2, 0.25) is 0 Å². The lowest BCUT2D eigenvalue weighted by atomic mass is 9.63. The zero-order chi connectivity index (χ0) is 14.7. The summed E-state index contributed by atoms with van der Waals surface area (Å²) in [6.45, 7) is 12.7. The lowest BCUT2D eigenvalue weighted by Gasteiger charge is -2.43. The van der Waals surface area contributed by atoms with Gasteiger partial charge in [0.1, 0.15) is 5.60 Å². The molecule has 3 atom stereocenters. The molecule has 0 aliphatic heterocycles. The standard InChI is InChI=1S/C17H28O2/c1-14(2,3)9-8-13(18)17(19)11-12-7-10-16(17,6)15(12,4)5/h8-9,12,19H,7,10-11H2,1-6H3/b9-8+/t12-,16-,17+/m1/s1. The van der Waals surface area contributed by atoms with Crippen molar-refractivity contribution in [2.45, 2.75) is 66.4 Å². The van der Waals surface area contributed by atoms with Gasteiger partial charge in [-0.2, -0.15) is 0 Å². The monoisotopic (exact) mass is 264 g/mol. The van der Waals surface area contributed by atoms with Crippen molar-refractivity contribution in [1.29, 1.82) is 0 Å². The Morgan fingerprint density at radius 2 is 1.84 bits per heavy atom. The second-order valence-electron chi connectivity index (χ2n) is 8.42. The van der Waals surface area contributed by atoms with E-state index in [9.17, 15) is 9.90 Å². The number of carbonyl (C=O) groups excluding carboxylic acids is 1. The van der Waals surface area contributed by atoms with Gasteiger partial charge in [-0.3, -0.25) is 4.79 Å². The normalized spacial score (nSPS) is 41.1. The quantitative estimate of drug-likeness (QED) is 0.772. The van der Waals surface area contributed by atoms with E-state index < -0.39 is 5.60 Å². The van der Waals surface area contributed by atoms with Crippen LogP contribution in [-0.4, -0.2) is 16.5 Å². The second kappa shape index (κ2) is 3.94. The van der Waals surface area contributed by atoms with Gasteiger partial charge in [0.05, 0.1) is 0 Å². The Bertz CT molecular complexity index is 427. The van der Waals surface area contributed by atoms with Crippen LogP contribution < -0.4 is 0 Å². The molecule has 2 aliphatic rings. The Kier molecular flexibility index (Phi) is 3.06. The molecular weight excluding hydrogens is 236 g/mol. The predicted molar refractivity (Wildman–Crippen MR) is 77.8 cm³/mol. The molecule has 2 fully saturated rings. The minimum atomic E-state index is -1.17. The Hall–Kier alpha value is -0.630. The smallest absolute Gasteiger partial charge is 0.187 e. The third-order valence-electron chi connectivity index (χ3n) is 6.03. The number of carbonyl (C=O) groups is 1. The first kappa shape index (κ1) is 14.8. The highest BCUT2D eigenvalue weighted by Crippen LogP contribution is 2.69. The Morgan fingerprint density at radius 3 is 2.21 bits per heavy atom. The highest BCUT2D eigenvalue weighted by Gasteiger charge is 2.70. The molecule has 2 nitrogen and oxygen atoms in total. The number of hydrogen-bond donors (Lipinski definition) is 1. The van der Waals surface area contributed by atoms with Gasteiger partial charge in [-0.1, -0.05) is 47.6 Å². The van der Waals surface area contributed by atoms with Gasteiger partial charge < -0.3 is 5.11 Å². The first-order chi connectivity index (χ1) is 8.44. The van der Waals surface area contributed by atoms with E-state index in [1.165, 1.54) is 0 Å². The summed E-state index contributed by atoms with van der Waals surface area (Å²) in [6, 6.07) is 0. The van der Waals surface area contributed by atoms with Gasteiger partial charge in [0, 0.05) is 5.41 Å². The third-order valence-corrected chi connectivity index (χ3v) is 6.03. The topological polar surface area (TPSA) is 37.3 Å². The summed E-state index contributed by atoms with van der Waals surface area (Å²) < 4.78 is 0. The van der Waals surface area contributed by atoms with Crippen molar-refractivity contribution in [1.82, 2.24) is 0 Å². The van der Waals surface area contributed by atoms with E-state index in [0.29, 0.717) is 12.3 Å². The molecule has 0 aromatic carbocycles. The lowest BCUT2D eigenvalue weighted by molar-refractivity contribution is -0.150. The van der Waals surface area contributed by atoms with Crippen LogP contribution in [0.15, 0.2) is 12.2 Å². The van der Waals surface area contributed by atoms with Crippen LogP contribution in [0, 0.1) is 22.2 Å². The average Bonchev–Trinajstić information content (AvgIpc) is 2.57. The van der Waals surface area contributed by atoms with E-state index in [2.05, 4.69) is 41.5 Å².